The number of thioether (sulfide) groups is 1. The van der Waals surface area contributed by atoms with Gasteiger partial charge in [0.15, 0.2) is 0 Å². The van der Waals surface area contributed by atoms with Crippen LogP contribution in [-0.2, 0) is 5.88 Å². The Bertz CT molecular complexity index is 678. The molecule has 4 nitrogen and oxygen atoms in total. The minimum atomic E-state index is 0.0333. The van der Waals surface area contributed by atoms with Crippen LogP contribution >= 0.6 is 11.8 Å². The van der Waals surface area contributed by atoms with Crippen molar-refractivity contribution in [3.8, 4) is 5.75 Å². The third-order valence-electron chi connectivity index (χ3n) is 4.03. The number of hydrogen-bond acceptors (Lipinski definition) is 4. The summed E-state index contributed by atoms with van der Waals surface area (Å²) in [7, 11) is 1.61. The summed E-state index contributed by atoms with van der Waals surface area (Å²) < 4.78 is 6.88. The van der Waals surface area contributed by atoms with Gasteiger partial charge in [0.05, 0.1) is 30.2 Å². The minimum absolute atomic E-state index is 0.0333. The first-order chi connectivity index (χ1) is 10.3. The van der Waals surface area contributed by atoms with Gasteiger partial charge in [-0.3, -0.25) is 9.36 Å². The molecule has 1 saturated carbocycles. The first-order valence-corrected chi connectivity index (χ1v) is 8.47. The summed E-state index contributed by atoms with van der Waals surface area (Å²) >= 11 is 1.88. The zero-order valence-corrected chi connectivity index (χ0v) is 13.1. The monoisotopic (exact) mass is 304 g/mol. The molecule has 0 saturated heterocycles. The summed E-state index contributed by atoms with van der Waals surface area (Å²) in [5.41, 5.74) is 0.726. The number of hydrogen-bond donors (Lipinski definition) is 0. The molecule has 1 aliphatic carbocycles. The van der Waals surface area contributed by atoms with Gasteiger partial charge < -0.3 is 4.74 Å². The zero-order chi connectivity index (χ0) is 14.7. The summed E-state index contributed by atoms with van der Waals surface area (Å²) in [5.74, 6) is 1.42. The lowest BCUT2D eigenvalue weighted by Crippen LogP contribution is -2.21. The Kier molecular flexibility index (Phi) is 4.48. The Morgan fingerprint density at radius 1 is 1.33 bits per heavy atom. The predicted octanol–water partition coefficient (Wildman–Crippen LogP) is 3.43. The van der Waals surface area contributed by atoms with E-state index in [9.17, 15) is 4.79 Å². The molecule has 5 heteroatoms. The lowest BCUT2D eigenvalue weighted by atomic mass is 10.0. The van der Waals surface area contributed by atoms with Crippen LogP contribution in [0.25, 0.3) is 10.9 Å². The molecular weight excluding hydrogens is 284 g/mol. The lowest BCUT2D eigenvalue weighted by molar-refractivity contribution is 0.415. The number of rotatable bonds is 4. The van der Waals surface area contributed by atoms with E-state index >= 15 is 0 Å². The molecule has 1 aliphatic rings. The molecule has 2 aromatic rings. The number of methoxy groups -OCH3 is 1. The van der Waals surface area contributed by atoms with Gasteiger partial charge in [0.25, 0.3) is 5.56 Å². The standard InChI is InChI=1S/C16H20N2O2S/c1-20-12-7-8-14-15(9-12)17-10-18(16(14)19)11-21-13-5-3-2-4-6-13/h7-10,13H,2-6,11H2,1H3. The molecule has 0 radical (unpaired) electrons. The first-order valence-electron chi connectivity index (χ1n) is 7.43. The van der Waals surface area contributed by atoms with E-state index in [1.807, 2.05) is 17.8 Å². The van der Waals surface area contributed by atoms with Gasteiger partial charge in [-0.25, -0.2) is 4.98 Å². The van der Waals surface area contributed by atoms with E-state index in [-0.39, 0.29) is 5.56 Å². The third kappa shape index (κ3) is 3.23. The average Bonchev–Trinajstić information content (AvgIpc) is 2.55. The average molecular weight is 304 g/mol. The highest BCUT2D eigenvalue weighted by Crippen LogP contribution is 2.28. The van der Waals surface area contributed by atoms with Crippen LogP contribution in [0.3, 0.4) is 0 Å². The highest BCUT2D eigenvalue weighted by Gasteiger charge is 2.14. The molecule has 0 amide bonds. The molecule has 0 bridgehead atoms. The Balaban J connectivity index is 1.79. The second kappa shape index (κ2) is 6.52. The molecule has 1 fully saturated rings. The molecule has 0 N–H and O–H groups in total. The van der Waals surface area contributed by atoms with Crippen LogP contribution in [0.15, 0.2) is 29.3 Å². The highest BCUT2D eigenvalue weighted by molar-refractivity contribution is 7.98. The van der Waals surface area contributed by atoms with Crippen molar-refractivity contribution in [1.82, 2.24) is 9.55 Å². The van der Waals surface area contributed by atoms with Gasteiger partial charge in [0, 0.05) is 11.3 Å². The normalized spacial score (nSPS) is 16.2. The third-order valence-corrected chi connectivity index (χ3v) is 5.40. The summed E-state index contributed by atoms with van der Waals surface area (Å²) in [6.07, 6.45) is 8.20. The van der Waals surface area contributed by atoms with Crippen LogP contribution in [-0.4, -0.2) is 21.9 Å². The molecule has 1 aromatic heterocycles. The number of aromatic nitrogens is 2. The van der Waals surface area contributed by atoms with Crippen molar-refractivity contribution < 1.29 is 4.74 Å². The van der Waals surface area contributed by atoms with Gasteiger partial charge in [-0.15, -0.1) is 11.8 Å². The molecule has 0 spiro atoms. The molecular formula is C16H20N2O2S. The van der Waals surface area contributed by atoms with E-state index in [0.29, 0.717) is 22.0 Å². The van der Waals surface area contributed by atoms with E-state index in [1.54, 1.807) is 30.1 Å². The smallest absolute Gasteiger partial charge is 0.261 e. The predicted molar refractivity (Wildman–Crippen MR) is 87.0 cm³/mol. The van der Waals surface area contributed by atoms with Crippen molar-refractivity contribution in [2.24, 2.45) is 0 Å². The Morgan fingerprint density at radius 3 is 2.90 bits per heavy atom. The Labute approximate surface area is 128 Å². The second-order valence-corrected chi connectivity index (χ2v) is 6.72. The summed E-state index contributed by atoms with van der Waals surface area (Å²) in [5, 5.41) is 1.35. The van der Waals surface area contributed by atoms with Gasteiger partial charge >= 0.3 is 0 Å². The molecule has 21 heavy (non-hydrogen) atoms. The Hall–Kier alpha value is -1.49. The van der Waals surface area contributed by atoms with E-state index in [1.165, 1.54) is 32.1 Å². The molecule has 0 aliphatic heterocycles. The van der Waals surface area contributed by atoms with E-state index in [4.69, 9.17) is 4.74 Å². The summed E-state index contributed by atoms with van der Waals surface area (Å²) in [6, 6.07) is 5.41. The SMILES string of the molecule is COc1ccc2c(=O)n(CSC3CCCCC3)cnc2c1. The fourth-order valence-corrected chi connectivity index (χ4v) is 4.00. The Morgan fingerprint density at radius 2 is 2.14 bits per heavy atom. The van der Waals surface area contributed by atoms with Crippen LogP contribution in [0.5, 0.6) is 5.75 Å². The van der Waals surface area contributed by atoms with Crippen molar-refractivity contribution in [3.63, 3.8) is 0 Å². The lowest BCUT2D eigenvalue weighted by Gasteiger charge is -2.21. The fraction of sp³-hybridized carbons (Fsp3) is 0.500. The van der Waals surface area contributed by atoms with Crippen LogP contribution in [0.4, 0.5) is 0 Å². The number of fused-ring (bicyclic) bond motifs is 1. The highest BCUT2D eigenvalue weighted by atomic mass is 32.2. The maximum absolute atomic E-state index is 12.5. The van der Waals surface area contributed by atoms with Crippen molar-refractivity contribution in [1.29, 1.82) is 0 Å². The fourth-order valence-electron chi connectivity index (χ4n) is 2.77. The summed E-state index contributed by atoms with van der Waals surface area (Å²) in [6.45, 7) is 0. The number of benzene rings is 1. The number of nitrogens with zero attached hydrogens (tertiary/aromatic N) is 2. The van der Waals surface area contributed by atoms with E-state index < -0.39 is 0 Å². The van der Waals surface area contributed by atoms with Crippen molar-refractivity contribution in [2.75, 3.05) is 7.11 Å². The van der Waals surface area contributed by atoms with E-state index in [0.717, 1.165) is 5.75 Å². The van der Waals surface area contributed by atoms with Crippen molar-refractivity contribution in [3.05, 3.63) is 34.9 Å². The molecule has 0 unspecified atom stereocenters. The van der Waals surface area contributed by atoms with Gasteiger partial charge in [-0.2, -0.15) is 0 Å². The maximum atomic E-state index is 12.5. The van der Waals surface area contributed by atoms with E-state index in [2.05, 4.69) is 4.98 Å². The summed E-state index contributed by atoms with van der Waals surface area (Å²) in [4.78, 5) is 16.9. The van der Waals surface area contributed by atoms with Crippen molar-refractivity contribution >= 4 is 22.7 Å². The van der Waals surface area contributed by atoms with Gasteiger partial charge in [0.2, 0.25) is 0 Å². The molecule has 0 atom stereocenters. The van der Waals surface area contributed by atoms with Crippen LogP contribution in [0.1, 0.15) is 32.1 Å². The zero-order valence-electron chi connectivity index (χ0n) is 12.2. The molecule has 112 valence electrons. The molecule has 3 rings (SSSR count). The van der Waals surface area contributed by atoms with Crippen LogP contribution < -0.4 is 10.3 Å². The quantitative estimate of drug-likeness (QED) is 0.868. The van der Waals surface area contributed by atoms with Crippen LogP contribution in [0.2, 0.25) is 0 Å². The van der Waals surface area contributed by atoms with Gasteiger partial charge in [0.1, 0.15) is 5.75 Å². The van der Waals surface area contributed by atoms with Crippen molar-refractivity contribution in [2.45, 2.75) is 43.2 Å². The molecule has 1 heterocycles. The second-order valence-electron chi connectivity index (χ2n) is 5.46. The van der Waals surface area contributed by atoms with Gasteiger partial charge in [-0.05, 0) is 25.0 Å². The van der Waals surface area contributed by atoms with Crippen LogP contribution in [0, 0.1) is 0 Å². The van der Waals surface area contributed by atoms with Gasteiger partial charge in [-0.1, -0.05) is 19.3 Å². The topological polar surface area (TPSA) is 44.1 Å². The molecule has 1 aromatic carbocycles. The number of ether oxygens (including phenoxy) is 1. The first kappa shape index (κ1) is 14.4. The largest absolute Gasteiger partial charge is 0.497 e. The minimum Gasteiger partial charge on any atom is -0.497 e. The maximum Gasteiger partial charge on any atom is 0.261 e.